The van der Waals surface area contributed by atoms with Crippen molar-refractivity contribution in [1.29, 1.82) is 0 Å². The van der Waals surface area contributed by atoms with Crippen LogP contribution in [0.2, 0.25) is 0 Å². The van der Waals surface area contributed by atoms with Crippen LogP contribution in [-0.4, -0.2) is 24.5 Å². The Morgan fingerprint density at radius 3 is 2.95 bits per heavy atom. The van der Waals surface area contributed by atoms with Crippen molar-refractivity contribution >= 4 is 17.2 Å². The molecule has 3 nitrogen and oxygen atoms in total. The van der Waals surface area contributed by atoms with Crippen molar-refractivity contribution in [3.63, 3.8) is 0 Å². The van der Waals surface area contributed by atoms with Crippen LogP contribution in [0.3, 0.4) is 0 Å². The lowest BCUT2D eigenvalue weighted by Gasteiger charge is -2.34. The number of hydrogen-bond acceptors (Lipinski definition) is 3. The van der Waals surface area contributed by atoms with E-state index in [1.807, 2.05) is 29.2 Å². The van der Waals surface area contributed by atoms with Gasteiger partial charge >= 0.3 is 0 Å². The number of ether oxygens (including phenoxy) is 1. The first-order chi connectivity index (χ1) is 9.72. The molecule has 1 unspecified atom stereocenters. The van der Waals surface area contributed by atoms with Crippen molar-refractivity contribution in [3.8, 4) is 5.75 Å². The number of para-hydroxylation sites is 1. The number of thiophene rings is 1. The van der Waals surface area contributed by atoms with Gasteiger partial charge in [-0.2, -0.15) is 0 Å². The zero-order chi connectivity index (χ0) is 14.1. The minimum atomic E-state index is 0.0480. The second-order valence-corrected chi connectivity index (χ2v) is 5.92. The number of fused-ring (bicyclic) bond motifs is 1. The summed E-state index contributed by atoms with van der Waals surface area (Å²) in [5.41, 5.74) is 1.92. The van der Waals surface area contributed by atoms with E-state index in [9.17, 15) is 4.79 Å². The average molecular weight is 287 g/mol. The molecule has 0 radical (unpaired) electrons. The number of methoxy groups -OCH3 is 1. The largest absolute Gasteiger partial charge is 0.496 e. The highest BCUT2D eigenvalue weighted by Crippen LogP contribution is 2.34. The molecule has 104 valence electrons. The molecule has 0 bridgehead atoms. The van der Waals surface area contributed by atoms with Crippen molar-refractivity contribution in [1.82, 2.24) is 4.90 Å². The van der Waals surface area contributed by atoms with Crippen LogP contribution in [0.25, 0.3) is 0 Å². The maximum absolute atomic E-state index is 12.8. The van der Waals surface area contributed by atoms with Crippen LogP contribution >= 0.6 is 11.3 Å². The van der Waals surface area contributed by atoms with Crippen molar-refractivity contribution in [3.05, 3.63) is 51.7 Å². The smallest absolute Gasteiger partial charge is 0.258 e. The molecule has 1 aromatic heterocycles. The van der Waals surface area contributed by atoms with Gasteiger partial charge in [0.25, 0.3) is 5.91 Å². The van der Waals surface area contributed by atoms with Crippen molar-refractivity contribution < 1.29 is 9.53 Å². The van der Waals surface area contributed by atoms with E-state index in [1.165, 1.54) is 10.4 Å². The van der Waals surface area contributed by atoms with Gasteiger partial charge in [0.1, 0.15) is 5.75 Å². The fourth-order valence-corrected chi connectivity index (χ4v) is 3.73. The van der Waals surface area contributed by atoms with Gasteiger partial charge in [-0.1, -0.05) is 12.1 Å². The van der Waals surface area contributed by atoms with Gasteiger partial charge in [0.05, 0.1) is 18.7 Å². The molecule has 1 amide bonds. The van der Waals surface area contributed by atoms with E-state index in [0.717, 1.165) is 13.0 Å². The van der Waals surface area contributed by atoms with Crippen LogP contribution in [0.1, 0.15) is 33.8 Å². The maximum atomic E-state index is 12.8. The fourth-order valence-electron chi connectivity index (χ4n) is 2.76. The molecule has 0 N–H and O–H groups in total. The van der Waals surface area contributed by atoms with E-state index in [0.29, 0.717) is 11.3 Å². The molecule has 20 heavy (non-hydrogen) atoms. The predicted molar refractivity (Wildman–Crippen MR) is 80.5 cm³/mol. The summed E-state index contributed by atoms with van der Waals surface area (Å²) in [6.45, 7) is 2.86. The number of amides is 1. The van der Waals surface area contributed by atoms with Crippen LogP contribution in [0.4, 0.5) is 0 Å². The Balaban J connectivity index is 1.92. The summed E-state index contributed by atoms with van der Waals surface area (Å²) in [4.78, 5) is 16.1. The van der Waals surface area contributed by atoms with E-state index < -0.39 is 0 Å². The Labute approximate surface area is 122 Å². The van der Waals surface area contributed by atoms with Crippen LogP contribution in [0.5, 0.6) is 5.75 Å². The summed E-state index contributed by atoms with van der Waals surface area (Å²) < 4.78 is 5.30. The highest BCUT2D eigenvalue weighted by molar-refractivity contribution is 7.10. The van der Waals surface area contributed by atoms with Crippen LogP contribution < -0.4 is 4.74 Å². The van der Waals surface area contributed by atoms with Gasteiger partial charge in [-0.15, -0.1) is 11.3 Å². The molecule has 1 atom stereocenters. The number of carbonyl (C=O) groups is 1. The van der Waals surface area contributed by atoms with Gasteiger partial charge in [-0.05, 0) is 42.5 Å². The Morgan fingerprint density at radius 1 is 1.35 bits per heavy atom. The minimum Gasteiger partial charge on any atom is -0.496 e. The van der Waals surface area contributed by atoms with Crippen molar-refractivity contribution in [2.24, 2.45) is 0 Å². The molecule has 4 heteroatoms. The lowest BCUT2D eigenvalue weighted by atomic mass is 10.00. The standard InChI is InChI=1S/C16H17NO2S/c1-11-12-8-10-20-15(12)7-9-17(11)16(18)13-5-3-4-6-14(13)19-2/h3-6,8,10-11H,7,9H2,1-2H3. The molecule has 2 heterocycles. The molecule has 0 spiro atoms. The quantitative estimate of drug-likeness (QED) is 0.846. The number of carbonyl (C=O) groups excluding carboxylic acids is 1. The van der Waals surface area contributed by atoms with E-state index in [4.69, 9.17) is 4.74 Å². The van der Waals surface area contributed by atoms with Gasteiger partial charge < -0.3 is 9.64 Å². The first-order valence-electron chi connectivity index (χ1n) is 6.72. The Morgan fingerprint density at radius 2 is 2.15 bits per heavy atom. The van der Waals surface area contributed by atoms with Gasteiger partial charge in [0.2, 0.25) is 0 Å². The average Bonchev–Trinajstić information content (AvgIpc) is 2.96. The summed E-state index contributed by atoms with van der Waals surface area (Å²) in [5, 5.41) is 2.11. The monoisotopic (exact) mass is 287 g/mol. The summed E-state index contributed by atoms with van der Waals surface area (Å²) in [6, 6.07) is 9.68. The molecule has 0 aliphatic carbocycles. The number of hydrogen-bond donors (Lipinski definition) is 0. The van der Waals surface area contributed by atoms with Crippen LogP contribution in [0, 0.1) is 0 Å². The van der Waals surface area contributed by atoms with Gasteiger partial charge in [-0.3, -0.25) is 4.79 Å². The van der Waals surface area contributed by atoms with Crippen molar-refractivity contribution in [2.75, 3.05) is 13.7 Å². The van der Waals surface area contributed by atoms with Crippen molar-refractivity contribution in [2.45, 2.75) is 19.4 Å². The van der Waals surface area contributed by atoms with E-state index in [-0.39, 0.29) is 11.9 Å². The molecule has 2 aromatic rings. The second-order valence-electron chi connectivity index (χ2n) is 4.92. The van der Waals surface area contributed by atoms with Crippen LogP contribution in [0.15, 0.2) is 35.7 Å². The predicted octanol–water partition coefficient (Wildman–Crippen LogP) is 3.52. The molecule has 0 saturated carbocycles. The third kappa shape index (κ3) is 2.10. The first kappa shape index (κ1) is 13.2. The van der Waals surface area contributed by atoms with E-state index >= 15 is 0 Å². The fraction of sp³-hybridized carbons (Fsp3) is 0.312. The molecule has 1 aliphatic heterocycles. The molecular weight excluding hydrogens is 270 g/mol. The lowest BCUT2D eigenvalue weighted by molar-refractivity contribution is 0.0676. The Kier molecular flexibility index (Phi) is 3.49. The van der Waals surface area contributed by atoms with E-state index in [1.54, 1.807) is 18.4 Å². The van der Waals surface area contributed by atoms with Gasteiger partial charge in [0.15, 0.2) is 0 Å². The molecule has 3 rings (SSSR count). The highest BCUT2D eigenvalue weighted by atomic mass is 32.1. The molecular formula is C16H17NO2S. The zero-order valence-electron chi connectivity index (χ0n) is 11.6. The minimum absolute atomic E-state index is 0.0480. The summed E-state index contributed by atoms with van der Waals surface area (Å²) in [6.07, 6.45) is 0.943. The molecule has 0 saturated heterocycles. The number of nitrogens with zero attached hydrogens (tertiary/aromatic N) is 1. The zero-order valence-corrected chi connectivity index (χ0v) is 12.4. The third-order valence-electron chi connectivity index (χ3n) is 3.88. The SMILES string of the molecule is COc1ccccc1C(=O)N1CCc2sccc2C1C. The maximum Gasteiger partial charge on any atom is 0.258 e. The van der Waals surface area contributed by atoms with Gasteiger partial charge in [-0.25, -0.2) is 0 Å². The first-order valence-corrected chi connectivity index (χ1v) is 7.60. The molecule has 1 aromatic carbocycles. The normalized spacial score (nSPS) is 17.7. The summed E-state index contributed by atoms with van der Waals surface area (Å²) >= 11 is 1.78. The summed E-state index contributed by atoms with van der Waals surface area (Å²) in [5.74, 6) is 0.688. The Bertz CT molecular complexity index is 635. The van der Waals surface area contributed by atoms with Crippen LogP contribution in [-0.2, 0) is 6.42 Å². The molecule has 1 aliphatic rings. The number of benzene rings is 1. The molecule has 0 fully saturated rings. The topological polar surface area (TPSA) is 29.5 Å². The second kappa shape index (κ2) is 5.29. The van der Waals surface area contributed by atoms with E-state index in [2.05, 4.69) is 18.4 Å². The van der Waals surface area contributed by atoms with Gasteiger partial charge in [0, 0.05) is 11.4 Å². The highest BCUT2D eigenvalue weighted by Gasteiger charge is 2.30. The summed E-state index contributed by atoms with van der Waals surface area (Å²) in [7, 11) is 1.60. The lowest BCUT2D eigenvalue weighted by Crippen LogP contribution is -2.38. The number of rotatable bonds is 2. The Hall–Kier alpha value is -1.81. The third-order valence-corrected chi connectivity index (χ3v) is 4.87.